The molecule has 0 bridgehead atoms. The second-order valence-corrected chi connectivity index (χ2v) is 8.11. The van der Waals surface area contributed by atoms with Crippen molar-refractivity contribution in [3.05, 3.63) is 29.8 Å². The van der Waals surface area contributed by atoms with Crippen LogP contribution in [-0.2, 0) is 10.0 Å². The summed E-state index contributed by atoms with van der Waals surface area (Å²) in [7, 11) is -3.44. The van der Waals surface area contributed by atoms with Crippen LogP contribution in [0.15, 0.2) is 29.2 Å². The zero-order valence-corrected chi connectivity index (χ0v) is 14.6. The smallest absolute Gasteiger partial charge is 0.240 e. The number of sulfonamides is 1. The first-order valence-corrected chi connectivity index (χ1v) is 9.75. The van der Waals surface area contributed by atoms with Crippen molar-refractivity contribution in [2.45, 2.75) is 56.9 Å². The molecule has 22 heavy (non-hydrogen) atoms. The molecule has 1 saturated heterocycles. The van der Waals surface area contributed by atoms with E-state index in [0.29, 0.717) is 16.7 Å². The van der Waals surface area contributed by atoms with Crippen LogP contribution in [0.1, 0.15) is 51.5 Å². The van der Waals surface area contributed by atoms with Gasteiger partial charge in [-0.25, -0.2) is 13.1 Å². The van der Waals surface area contributed by atoms with Gasteiger partial charge in [0.25, 0.3) is 0 Å². The minimum Gasteiger partial charge on any atom is -0.316 e. The van der Waals surface area contributed by atoms with Gasteiger partial charge in [-0.15, -0.1) is 0 Å². The monoisotopic (exact) mass is 324 g/mol. The molecule has 1 aliphatic heterocycles. The number of hydrogen-bond acceptors (Lipinski definition) is 3. The molecule has 4 nitrogen and oxygen atoms in total. The van der Waals surface area contributed by atoms with Crippen LogP contribution in [0.4, 0.5) is 0 Å². The number of nitrogens with one attached hydrogen (secondary N) is 2. The topological polar surface area (TPSA) is 58.2 Å². The molecule has 0 saturated carbocycles. The van der Waals surface area contributed by atoms with Gasteiger partial charge in [-0.3, -0.25) is 0 Å². The van der Waals surface area contributed by atoms with Crippen LogP contribution in [0, 0.1) is 5.92 Å². The number of hydrogen-bond donors (Lipinski definition) is 2. The van der Waals surface area contributed by atoms with Gasteiger partial charge in [-0.05, 0) is 68.8 Å². The summed E-state index contributed by atoms with van der Waals surface area (Å²) >= 11 is 0. The average Bonchev–Trinajstić information content (AvgIpc) is 2.54. The molecule has 3 atom stereocenters. The van der Waals surface area contributed by atoms with Gasteiger partial charge in [0.05, 0.1) is 4.90 Å². The lowest BCUT2D eigenvalue weighted by Gasteiger charge is -2.28. The molecule has 1 aromatic carbocycles. The largest absolute Gasteiger partial charge is 0.316 e. The Kier molecular flexibility index (Phi) is 6.01. The Bertz CT molecular complexity index is 563. The second-order valence-electron chi connectivity index (χ2n) is 6.39. The molecule has 0 amide bonds. The summed E-state index contributed by atoms with van der Waals surface area (Å²) in [5, 5.41) is 3.33. The standard InChI is InChI=1S/C17H28N2O2S/c1-4-13(2)15-7-9-17(10-8-15)22(20,21)19-14(3)16-6-5-11-18-12-16/h7-10,13-14,16,18-19H,4-6,11-12H2,1-3H3. The maximum atomic E-state index is 12.5. The van der Waals surface area contributed by atoms with Crippen LogP contribution in [-0.4, -0.2) is 27.5 Å². The Morgan fingerprint density at radius 1 is 1.27 bits per heavy atom. The molecular weight excluding hydrogens is 296 g/mol. The molecule has 124 valence electrons. The van der Waals surface area contributed by atoms with Gasteiger partial charge in [0.2, 0.25) is 10.0 Å². The first-order valence-electron chi connectivity index (χ1n) is 8.27. The highest BCUT2D eigenvalue weighted by molar-refractivity contribution is 7.89. The zero-order valence-electron chi connectivity index (χ0n) is 13.8. The highest BCUT2D eigenvalue weighted by atomic mass is 32.2. The van der Waals surface area contributed by atoms with E-state index in [-0.39, 0.29) is 6.04 Å². The van der Waals surface area contributed by atoms with E-state index in [9.17, 15) is 8.42 Å². The lowest BCUT2D eigenvalue weighted by Crippen LogP contribution is -2.44. The summed E-state index contributed by atoms with van der Waals surface area (Å²) < 4.78 is 27.8. The molecular formula is C17H28N2O2S. The van der Waals surface area contributed by atoms with Gasteiger partial charge in [0, 0.05) is 6.04 Å². The highest BCUT2D eigenvalue weighted by Gasteiger charge is 2.25. The normalized spacial score (nSPS) is 22.2. The fourth-order valence-corrected chi connectivity index (χ4v) is 4.24. The van der Waals surface area contributed by atoms with Crippen molar-refractivity contribution in [3.63, 3.8) is 0 Å². The SMILES string of the molecule is CCC(C)c1ccc(S(=O)(=O)NC(C)C2CCCNC2)cc1. The van der Waals surface area contributed by atoms with Gasteiger partial charge in [0.1, 0.15) is 0 Å². The first kappa shape index (κ1) is 17.4. The van der Waals surface area contributed by atoms with Crippen molar-refractivity contribution in [2.24, 2.45) is 5.92 Å². The fourth-order valence-electron chi connectivity index (χ4n) is 2.93. The molecule has 1 aromatic rings. The van der Waals surface area contributed by atoms with Crippen molar-refractivity contribution in [1.29, 1.82) is 0 Å². The third-order valence-corrected chi connectivity index (χ3v) is 6.33. The molecule has 0 aromatic heterocycles. The second kappa shape index (κ2) is 7.57. The van der Waals surface area contributed by atoms with E-state index >= 15 is 0 Å². The van der Waals surface area contributed by atoms with Gasteiger partial charge < -0.3 is 5.32 Å². The molecule has 2 N–H and O–H groups in total. The molecule has 2 rings (SSSR count). The van der Waals surface area contributed by atoms with E-state index in [4.69, 9.17) is 0 Å². The van der Waals surface area contributed by atoms with E-state index in [1.54, 1.807) is 12.1 Å². The molecule has 1 heterocycles. The van der Waals surface area contributed by atoms with E-state index in [1.165, 1.54) is 5.56 Å². The number of rotatable bonds is 6. The van der Waals surface area contributed by atoms with E-state index in [2.05, 4.69) is 23.9 Å². The van der Waals surface area contributed by atoms with E-state index in [0.717, 1.165) is 32.4 Å². The van der Waals surface area contributed by atoms with Crippen LogP contribution in [0.25, 0.3) is 0 Å². The van der Waals surface area contributed by atoms with Crippen molar-refractivity contribution in [1.82, 2.24) is 10.0 Å². The molecule has 1 aliphatic rings. The number of benzene rings is 1. The molecule has 3 unspecified atom stereocenters. The minimum absolute atomic E-state index is 0.0490. The summed E-state index contributed by atoms with van der Waals surface area (Å²) in [6.45, 7) is 8.17. The summed E-state index contributed by atoms with van der Waals surface area (Å²) in [5.74, 6) is 0.819. The van der Waals surface area contributed by atoms with Gasteiger partial charge >= 0.3 is 0 Å². The summed E-state index contributed by atoms with van der Waals surface area (Å²) in [6, 6.07) is 7.24. The fraction of sp³-hybridized carbons (Fsp3) is 0.647. The lowest BCUT2D eigenvalue weighted by atomic mass is 9.94. The Hall–Kier alpha value is -0.910. The summed E-state index contributed by atoms with van der Waals surface area (Å²) in [4.78, 5) is 0.357. The quantitative estimate of drug-likeness (QED) is 0.846. The minimum atomic E-state index is -3.44. The van der Waals surface area contributed by atoms with Crippen molar-refractivity contribution in [3.8, 4) is 0 Å². The maximum Gasteiger partial charge on any atom is 0.240 e. The molecule has 5 heteroatoms. The number of piperidine rings is 1. The van der Waals surface area contributed by atoms with Crippen LogP contribution in [0.5, 0.6) is 0 Å². The van der Waals surface area contributed by atoms with Crippen molar-refractivity contribution in [2.75, 3.05) is 13.1 Å². The van der Waals surface area contributed by atoms with Crippen LogP contribution >= 0.6 is 0 Å². The third-order valence-electron chi connectivity index (χ3n) is 4.75. The zero-order chi connectivity index (χ0) is 16.2. The summed E-state index contributed by atoms with van der Waals surface area (Å²) in [5.41, 5.74) is 1.19. The van der Waals surface area contributed by atoms with Crippen molar-refractivity contribution < 1.29 is 8.42 Å². The van der Waals surface area contributed by atoms with E-state index < -0.39 is 10.0 Å². The maximum absolute atomic E-state index is 12.5. The van der Waals surface area contributed by atoms with Gasteiger partial charge in [-0.1, -0.05) is 26.0 Å². The predicted molar refractivity (Wildman–Crippen MR) is 90.5 cm³/mol. The lowest BCUT2D eigenvalue weighted by molar-refractivity contribution is 0.320. The highest BCUT2D eigenvalue weighted by Crippen LogP contribution is 2.21. The van der Waals surface area contributed by atoms with Crippen LogP contribution in [0.3, 0.4) is 0 Å². The molecule has 0 aliphatic carbocycles. The summed E-state index contributed by atoms with van der Waals surface area (Å²) in [6.07, 6.45) is 3.24. The molecule has 0 spiro atoms. The first-order chi connectivity index (χ1) is 10.4. The molecule has 1 fully saturated rings. The van der Waals surface area contributed by atoms with Crippen LogP contribution in [0.2, 0.25) is 0 Å². The molecule has 0 radical (unpaired) electrons. The Balaban J connectivity index is 2.06. The van der Waals surface area contributed by atoms with Crippen LogP contribution < -0.4 is 10.0 Å². The Morgan fingerprint density at radius 2 is 1.95 bits per heavy atom. The van der Waals surface area contributed by atoms with Crippen molar-refractivity contribution >= 4 is 10.0 Å². The average molecular weight is 324 g/mol. The van der Waals surface area contributed by atoms with Gasteiger partial charge in [-0.2, -0.15) is 0 Å². The van der Waals surface area contributed by atoms with E-state index in [1.807, 2.05) is 19.1 Å². The van der Waals surface area contributed by atoms with Gasteiger partial charge in [0.15, 0.2) is 0 Å². The third kappa shape index (κ3) is 4.31. The predicted octanol–water partition coefficient (Wildman–Crippen LogP) is 2.87. The Labute approximate surface area is 134 Å². The Morgan fingerprint density at radius 3 is 2.50 bits per heavy atom.